The van der Waals surface area contributed by atoms with Gasteiger partial charge in [0, 0.05) is 22.8 Å². The molecule has 0 aliphatic carbocycles. The summed E-state index contributed by atoms with van der Waals surface area (Å²) in [6.07, 6.45) is 5.76. The van der Waals surface area contributed by atoms with Crippen molar-refractivity contribution in [2.45, 2.75) is 13.5 Å². The average molecular weight is 289 g/mol. The molecule has 4 nitrogen and oxygen atoms in total. The van der Waals surface area contributed by atoms with Crippen LogP contribution in [0, 0.1) is 6.92 Å². The third-order valence-corrected chi connectivity index (χ3v) is 3.63. The molecule has 0 aliphatic heterocycles. The number of hydrogen-bond acceptors (Lipinski definition) is 4. The van der Waals surface area contributed by atoms with Crippen LogP contribution in [0.15, 0.2) is 30.9 Å². The van der Waals surface area contributed by atoms with Crippen LogP contribution in [0.3, 0.4) is 0 Å². The molecule has 0 saturated heterocycles. The van der Waals surface area contributed by atoms with E-state index in [1.54, 1.807) is 30.6 Å². The molecule has 0 bridgehead atoms. The fourth-order valence-corrected chi connectivity index (χ4v) is 2.61. The molecule has 20 heavy (non-hydrogen) atoms. The van der Waals surface area contributed by atoms with Crippen LogP contribution in [0.25, 0.3) is 12.2 Å². The van der Waals surface area contributed by atoms with Crippen LogP contribution in [0.2, 0.25) is 0 Å². The van der Waals surface area contributed by atoms with Gasteiger partial charge in [0.15, 0.2) is 11.6 Å². The molecule has 0 amide bonds. The highest BCUT2D eigenvalue weighted by molar-refractivity contribution is 7.11. The highest BCUT2D eigenvalue weighted by atomic mass is 32.1. The molecule has 1 N–H and O–H groups in total. The van der Waals surface area contributed by atoms with E-state index < -0.39 is 0 Å². The third kappa shape index (κ3) is 3.24. The van der Waals surface area contributed by atoms with Crippen molar-refractivity contribution in [3.05, 3.63) is 46.4 Å². The first-order valence-corrected chi connectivity index (χ1v) is 6.99. The van der Waals surface area contributed by atoms with Crippen molar-refractivity contribution in [3.63, 3.8) is 0 Å². The number of aryl methyl sites for hydroxylation is 1. The Balaban J connectivity index is 2.31. The zero-order chi connectivity index (χ0) is 14.5. The molecule has 5 heteroatoms. The standard InChI is InChI=1S/C15H16N2O2S/c1-4-9-17-15(20-11(2)16-17)8-6-12-5-7-13(18)10-14(12)19-3/h4-8,10H,1,9H2,2-3H3/p+1. The van der Waals surface area contributed by atoms with Gasteiger partial charge < -0.3 is 9.84 Å². The van der Waals surface area contributed by atoms with E-state index in [-0.39, 0.29) is 5.75 Å². The second kappa shape index (κ2) is 6.34. The summed E-state index contributed by atoms with van der Waals surface area (Å²) in [5.41, 5.74) is 0.904. The number of phenols is 1. The maximum atomic E-state index is 9.44. The first-order valence-electron chi connectivity index (χ1n) is 6.17. The number of aromatic nitrogens is 2. The summed E-state index contributed by atoms with van der Waals surface area (Å²) in [5.74, 6) is 0.826. The lowest BCUT2D eigenvalue weighted by molar-refractivity contribution is -0.741. The van der Waals surface area contributed by atoms with Gasteiger partial charge in [-0.15, -0.1) is 0 Å². The minimum absolute atomic E-state index is 0.189. The third-order valence-electron chi connectivity index (χ3n) is 2.69. The molecule has 0 spiro atoms. The summed E-state index contributed by atoms with van der Waals surface area (Å²) in [5, 5.41) is 15.9. The molecule has 1 heterocycles. The molecule has 0 radical (unpaired) electrons. The Morgan fingerprint density at radius 2 is 2.25 bits per heavy atom. The van der Waals surface area contributed by atoms with E-state index in [4.69, 9.17) is 4.74 Å². The molecule has 0 saturated carbocycles. The Labute approximate surface area is 122 Å². The number of phenolic OH excluding ortho intramolecular Hbond substituents is 1. The van der Waals surface area contributed by atoms with Gasteiger partial charge in [-0.25, -0.2) is 0 Å². The maximum Gasteiger partial charge on any atom is 0.289 e. The lowest BCUT2D eigenvalue weighted by Crippen LogP contribution is -2.37. The summed E-state index contributed by atoms with van der Waals surface area (Å²) >= 11 is 1.62. The van der Waals surface area contributed by atoms with E-state index in [1.165, 1.54) is 0 Å². The van der Waals surface area contributed by atoms with E-state index in [9.17, 15) is 5.11 Å². The van der Waals surface area contributed by atoms with Crippen molar-refractivity contribution < 1.29 is 14.5 Å². The molecule has 1 aromatic heterocycles. The Bertz CT molecular complexity index is 647. The summed E-state index contributed by atoms with van der Waals surface area (Å²) in [6, 6.07) is 5.05. The van der Waals surface area contributed by atoms with Crippen molar-refractivity contribution in [1.29, 1.82) is 0 Å². The molecule has 0 unspecified atom stereocenters. The van der Waals surface area contributed by atoms with Crippen molar-refractivity contribution in [2.24, 2.45) is 0 Å². The molecule has 2 rings (SSSR count). The summed E-state index contributed by atoms with van der Waals surface area (Å²) in [4.78, 5) is 0. The number of nitrogens with zero attached hydrogens (tertiary/aromatic N) is 2. The summed E-state index contributed by atoms with van der Waals surface area (Å²) in [7, 11) is 1.58. The highest BCUT2D eigenvalue weighted by Crippen LogP contribution is 2.25. The lowest BCUT2D eigenvalue weighted by atomic mass is 10.2. The van der Waals surface area contributed by atoms with Crippen LogP contribution in [0.1, 0.15) is 15.6 Å². The van der Waals surface area contributed by atoms with Crippen LogP contribution < -0.4 is 9.42 Å². The van der Waals surface area contributed by atoms with Crippen LogP contribution in [0.5, 0.6) is 11.5 Å². The Kier molecular flexibility index (Phi) is 4.53. The Morgan fingerprint density at radius 3 is 2.95 bits per heavy atom. The van der Waals surface area contributed by atoms with Crippen molar-refractivity contribution in [2.75, 3.05) is 7.11 Å². The van der Waals surface area contributed by atoms with E-state index >= 15 is 0 Å². The molecular weight excluding hydrogens is 272 g/mol. The van der Waals surface area contributed by atoms with Crippen LogP contribution >= 0.6 is 11.3 Å². The first kappa shape index (κ1) is 14.3. The van der Waals surface area contributed by atoms with Gasteiger partial charge in [-0.3, -0.25) is 0 Å². The van der Waals surface area contributed by atoms with E-state index in [1.807, 2.05) is 35.9 Å². The molecular formula is C15H17N2O2S+. The van der Waals surface area contributed by atoms with Gasteiger partial charge >= 0.3 is 0 Å². The Morgan fingerprint density at radius 1 is 1.45 bits per heavy atom. The molecule has 1 aromatic carbocycles. The van der Waals surface area contributed by atoms with Crippen molar-refractivity contribution >= 4 is 23.5 Å². The number of hydrogen-bond donors (Lipinski definition) is 1. The van der Waals surface area contributed by atoms with E-state index in [0.29, 0.717) is 12.3 Å². The van der Waals surface area contributed by atoms with Crippen LogP contribution in [-0.2, 0) is 6.54 Å². The SMILES string of the molecule is C=CC[n+]1nc(C)sc1C=Cc1ccc(O)cc1OC. The fraction of sp³-hybridized carbons (Fsp3) is 0.200. The first-order chi connectivity index (χ1) is 9.63. The second-order valence-electron chi connectivity index (χ2n) is 4.19. The van der Waals surface area contributed by atoms with Gasteiger partial charge in [0.25, 0.3) is 5.01 Å². The predicted octanol–water partition coefficient (Wildman–Crippen LogP) is 2.81. The topological polar surface area (TPSA) is 46.2 Å². The zero-order valence-electron chi connectivity index (χ0n) is 11.5. The van der Waals surface area contributed by atoms with Gasteiger partial charge in [-0.1, -0.05) is 11.3 Å². The van der Waals surface area contributed by atoms with Crippen LogP contribution in [0.4, 0.5) is 0 Å². The smallest absolute Gasteiger partial charge is 0.289 e. The van der Waals surface area contributed by atoms with Crippen molar-refractivity contribution in [1.82, 2.24) is 5.10 Å². The molecule has 0 atom stereocenters. The van der Waals surface area contributed by atoms with Gasteiger partial charge in [0.2, 0.25) is 0 Å². The Hall–Kier alpha value is -2.14. The monoisotopic (exact) mass is 289 g/mol. The predicted molar refractivity (Wildman–Crippen MR) is 80.8 cm³/mol. The zero-order valence-corrected chi connectivity index (χ0v) is 12.4. The fourth-order valence-electron chi connectivity index (χ4n) is 1.82. The van der Waals surface area contributed by atoms with Gasteiger partial charge in [-0.05, 0) is 42.5 Å². The van der Waals surface area contributed by atoms with E-state index in [2.05, 4.69) is 11.7 Å². The summed E-state index contributed by atoms with van der Waals surface area (Å²) in [6.45, 7) is 6.39. The molecule has 2 aromatic rings. The number of benzene rings is 1. The normalized spacial score (nSPS) is 10.9. The number of ether oxygens (including phenoxy) is 1. The van der Waals surface area contributed by atoms with Crippen LogP contribution in [-0.4, -0.2) is 17.3 Å². The van der Waals surface area contributed by atoms with Gasteiger partial charge in [0.1, 0.15) is 11.5 Å². The molecule has 0 aliphatic rings. The average Bonchev–Trinajstić information content (AvgIpc) is 2.78. The molecule has 104 valence electrons. The second-order valence-corrected chi connectivity index (χ2v) is 5.40. The minimum Gasteiger partial charge on any atom is -0.508 e. The number of aromatic hydroxyl groups is 1. The number of methoxy groups -OCH3 is 1. The summed E-state index contributed by atoms with van der Waals surface area (Å²) < 4.78 is 7.15. The maximum absolute atomic E-state index is 9.44. The van der Waals surface area contributed by atoms with E-state index in [0.717, 1.165) is 15.6 Å². The number of allylic oxidation sites excluding steroid dienone is 1. The quantitative estimate of drug-likeness (QED) is 0.680. The minimum atomic E-state index is 0.189. The van der Waals surface area contributed by atoms with Gasteiger partial charge in [-0.2, -0.15) is 0 Å². The number of rotatable bonds is 5. The highest BCUT2D eigenvalue weighted by Gasteiger charge is 2.13. The lowest BCUT2D eigenvalue weighted by Gasteiger charge is -2.04. The largest absolute Gasteiger partial charge is 0.508 e. The molecule has 0 fully saturated rings. The van der Waals surface area contributed by atoms with Crippen molar-refractivity contribution in [3.8, 4) is 11.5 Å². The van der Waals surface area contributed by atoms with Gasteiger partial charge in [0.05, 0.1) is 7.11 Å².